The molecule has 1 aromatic heterocycles. The molecule has 0 saturated carbocycles. The van der Waals surface area contributed by atoms with Gasteiger partial charge in [0.05, 0.1) is 15.2 Å². The van der Waals surface area contributed by atoms with Gasteiger partial charge in [-0.25, -0.2) is 4.98 Å². The van der Waals surface area contributed by atoms with Crippen LogP contribution in [0, 0.1) is 0 Å². The Hall–Kier alpha value is -0.640. The quantitative estimate of drug-likeness (QED) is 0.905. The topological polar surface area (TPSA) is 38.9 Å². The van der Waals surface area contributed by atoms with Crippen LogP contribution in [-0.4, -0.2) is 11.0 Å². The Bertz CT molecular complexity index is 481. The summed E-state index contributed by atoms with van der Waals surface area (Å²) in [6.07, 6.45) is 3.04. The lowest BCUT2D eigenvalue weighted by atomic mass is 10.1. The van der Waals surface area contributed by atoms with Crippen LogP contribution in [0.4, 0.5) is 0 Å². The minimum absolute atomic E-state index is 0.223. The summed E-state index contributed by atoms with van der Waals surface area (Å²) in [6.45, 7) is 2.15. The van der Waals surface area contributed by atoms with Crippen molar-refractivity contribution < 1.29 is 0 Å². The second-order valence-corrected chi connectivity index (χ2v) is 5.52. The van der Waals surface area contributed by atoms with Gasteiger partial charge < -0.3 is 5.73 Å². The second kappa shape index (κ2) is 5.13. The van der Waals surface area contributed by atoms with Gasteiger partial charge in [0.25, 0.3) is 0 Å². The van der Waals surface area contributed by atoms with Crippen molar-refractivity contribution >= 4 is 33.2 Å². The molecule has 0 spiro atoms. The maximum atomic E-state index is 6.01. The van der Waals surface area contributed by atoms with Crippen LogP contribution in [0.25, 0.3) is 10.2 Å². The Labute approximate surface area is 104 Å². The summed E-state index contributed by atoms with van der Waals surface area (Å²) in [4.78, 5) is 4.55. The molecule has 1 atom stereocenters. The van der Waals surface area contributed by atoms with E-state index in [2.05, 4.69) is 11.9 Å². The molecule has 0 saturated heterocycles. The number of hydrogen-bond acceptors (Lipinski definition) is 3. The maximum Gasteiger partial charge on any atom is 0.0954 e. The first-order chi connectivity index (χ1) is 7.69. The van der Waals surface area contributed by atoms with E-state index in [-0.39, 0.29) is 6.04 Å². The van der Waals surface area contributed by atoms with E-state index in [1.54, 1.807) is 11.3 Å². The van der Waals surface area contributed by atoms with E-state index in [4.69, 9.17) is 17.3 Å². The van der Waals surface area contributed by atoms with Crippen LogP contribution in [0.1, 0.15) is 24.8 Å². The Morgan fingerprint density at radius 1 is 1.50 bits per heavy atom. The third kappa shape index (κ3) is 2.73. The Balaban J connectivity index is 2.19. The molecule has 0 aliphatic rings. The molecule has 0 aliphatic carbocycles. The predicted octanol–water partition coefficient (Wildman–Crippen LogP) is 3.62. The van der Waals surface area contributed by atoms with Gasteiger partial charge in [0, 0.05) is 17.5 Å². The van der Waals surface area contributed by atoms with Crippen molar-refractivity contribution in [2.24, 2.45) is 5.73 Å². The molecule has 0 bridgehead atoms. The molecule has 2 N–H and O–H groups in total. The zero-order valence-corrected chi connectivity index (χ0v) is 10.8. The lowest BCUT2D eigenvalue weighted by molar-refractivity contribution is 0.599. The standard InChI is InChI=1S/C12H15ClN2S/c1-2-3-9(14)7-12-15-10-6-8(13)4-5-11(10)16-12/h4-6,9H,2-3,7,14H2,1H3. The summed E-state index contributed by atoms with van der Waals surface area (Å²) in [7, 11) is 0. The van der Waals surface area contributed by atoms with Crippen molar-refractivity contribution in [2.45, 2.75) is 32.2 Å². The normalized spacial score (nSPS) is 13.2. The first-order valence-electron chi connectivity index (χ1n) is 5.49. The highest BCUT2D eigenvalue weighted by Gasteiger charge is 2.08. The summed E-state index contributed by atoms with van der Waals surface area (Å²) in [5.41, 5.74) is 6.99. The third-order valence-corrected chi connectivity index (χ3v) is 3.78. The molecule has 0 aliphatic heterocycles. The summed E-state index contributed by atoms with van der Waals surface area (Å²) >= 11 is 7.63. The summed E-state index contributed by atoms with van der Waals surface area (Å²) in [5, 5.41) is 1.85. The highest BCUT2D eigenvalue weighted by Crippen LogP contribution is 2.25. The van der Waals surface area contributed by atoms with E-state index in [1.807, 2.05) is 18.2 Å². The molecular weight excluding hydrogens is 240 g/mol. The van der Waals surface area contributed by atoms with Gasteiger partial charge in [-0.05, 0) is 24.6 Å². The van der Waals surface area contributed by atoms with Crippen molar-refractivity contribution in [1.29, 1.82) is 0 Å². The van der Waals surface area contributed by atoms with Gasteiger partial charge in [-0.1, -0.05) is 24.9 Å². The van der Waals surface area contributed by atoms with Crippen LogP contribution >= 0.6 is 22.9 Å². The predicted molar refractivity (Wildman–Crippen MR) is 71.2 cm³/mol. The Morgan fingerprint density at radius 2 is 2.31 bits per heavy atom. The van der Waals surface area contributed by atoms with Gasteiger partial charge in [-0.15, -0.1) is 11.3 Å². The maximum absolute atomic E-state index is 6.01. The molecule has 2 rings (SSSR count). The fraction of sp³-hybridized carbons (Fsp3) is 0.417. The molecule has 0 radical (unpaired) electrons. The smallest absolute Gasteiger partial charge is 0.0954 e. The SMILES string of the molecule is CCCC(N)Cc1nc2cc(Cl)ccc2s1. The zero-order valence-electron chi connectivity index (χ0n) is 9.24. The van der Waals surface area contributed by atoms with Crippen LogP contribution in [0.5, 0.6) is 0 Å². The summed E-state index contributed by atoms with van der Waals surface area (Å²) < 4.78 is 1.18. The van der Waals surface area contributed by atoms with Crippen molar-refractivity contribution in [3.8, 4) is 0 Å². The average molecular weight is 255 g/mol. The number of aromatic nitrogens is 1. The first kappa shape index (κ1) is 11.8. The lowest BCUT2D eigenvalue weighted by Crippen LogP contribution is -2.22. The molecule has 1 unspecified atom stereocenters. The van der Waals surface area contributed by atoms with E-state index in [0.29, 0.717) is 0 Å². The van der Waals surface area contributed by atoms with Crippen LogP contribution in [0.2, 0.25) is 5.02 Å². The molecule has 1 aromatic carbocycles. The number of benzene rings is 1. The molecule has 2 aromatic rings. The van der Waals surface area contributed by atoms with Crippen molar-refractivity contribution in [3.05, 3.63) is 28.2 Å². The number of fused-ring (bicyclic) bond motifs is 1. The molecule has 1 heterocycles. The number of halogens is 1. The summed E-state index contributed by atoms with van der Waals surface area (Å²) in [5.74, 6) is 0. The van der Waals surface area contributed by atoms with Gasteiger partial charge in [0.15, 0.2) is 0 Å². The minimum Gasteiger partial charge on any atom is -0.327 e. The number of thiazole rings is 1. The highest BCUT2D eigenvalue weighted by atomic mass is 35.5. The van der Waals surface area contributed by atoms with Crippen LogP contribution in [0.15, 0.2) is 18.2 Å². The van der Waals surface area contributed by atoms with Gasteiger partial charge in [0.2, 0.25) is 0 Å². The molecule has 2 nitrogen and oxygen atoms in total. The highest BCUT2D eigenvalue weighted by molar-refractivity contribution is 7.18. The second-order valence-electron chi connectivity index (χ2n) is 3.97. The van der Waals surface area contributed by atoms with Gasteiger partial charge in [-0.2, -0.15) is 0 Å². The number of rotatable bonds is 4. The number of nitrogens with two attached hydrogens (primary N) is 1. The molecular formula is C12H15ClN2S. The summed E-state index contributed by atoms with van der Waals surface area (Å²) in [6, 6.07) is 6.05. The average Bonchev–Trinajstić information content (AvgIpc) is 2.59. The molecule has 0 fully saturated rings. The Morgan fingerprint density at radius 3 is 3.06 bits per heavy atom. The zero-order chi connectivity index (χ0) is 11.5. The van der Waals surface area contributed by atoms with Gasteiger partial charge >= 0.3 is 0 Å². The molecule has 4 heteroatoms. The Kier molecular flexibility index (Phi) is 3.79. The minimum atomic E-state index is 0.223. The fourth-order valence-corrected chi connectivity index (χ4v) is 2.94. The van der Waals surface area contributed by atoms with Gasteiger partial charge in [-0.3, -0.25) is 0 Å². The number of hydrogen-bond donors (Lipinski definition) is 1. The molecule has 86 valence electrons. The van der Waals surface area contributed by atoms with Crippen molar-refractivity contribution in [3.63, 3.8) is 0 Å². The van der Waals surface area contributed by atoms with Crippen LogP contribution in [0.3, 0.4) is 0 Å². The fourth-order valence-electron chi connectivity index (χ4n) is 1.73. The van der Waals surface area contributed by atoms with Crippen LogP contribution in [-0.2, 0) is 6.42 Å². The van der Waals surface area contributed by atoms with Crippen LogP contribution < -0.4 is 5.73 Å². The van der Waals surface area contributed by atoms with E-state index >= 15 is 0 Å². The largest absolute Gasteiger partial charge is 0.327 e. The first-order valence-corrected chi connectivity index (χ1v) is 6.69. The third-order valence-electron chi connectivity index (χ3n) is 2.49. The lowest BCUT2D eigenvalue weighted by Gasteiger charge is -2.06. The van der Waals surface area contributed by atoms with Crippen molar-refractivity contribution in [2.75, 3.05) is 0 Å². The van der Waals surface area contributed by atoms with E-state index in [9.17, 15) is 0 Å². The van der Waals surface area contributed by atoms with E-state index < -0.39 is 0 Å². The van der Waals surface area contributed by atoms with E-state index in [0.717, 1.165) is 34.8 Å². The molecule has 16 heavy (non-hydrogen) atoms. The monoisotopic (exact) mass is 254 g/mol. The van der Waals surface area contributed by atoms with Gasteiger partial charge in [0.1, 0.15) is 0 Å². The number of nitrogens with zero attached hydrogens (tertiary/aromatic N) is 1. The molecule has 0 amide bonds. The van der Waals surface area contributed by atoms with Crippen molar-refractivity contribution in [1.82, 2.24) is 4.98 Å². The van der Waals surface area contributed by atoms with E-state index in [1.165, 1.54) is 4.70 Å².